The van der Waals surface area contributed by atoms with E-state index in [9.17, 15) is 14.4 Å². The summed E-state index contributed by atoms with van der Waals surface area (Å²) in [7, 11) is 0. The third-order valence-corrected chi connectivity index (χ3v) is 4.20. The molecule has 8 heteroatoms. The second kappa shape index (κ2) is 8.73. The summed E-state index contributed by atoms with van der Waals surface area (Å²) in [5.74, 6) is -2.43. The van der Waals surface area contributed by atoms with Gasteiger partial charge in [-0.2, -0.15) is 0 Å². The number of carbonyl (C=O) groups is 3. The number of amides is 4. The van der Waals surface area contributed by atoms with E-state index >= 15 is 0 Å². The first-order valence-corrected chi connectivity index (χ1v) is 8.52. The van der Waals surface area contributed by atoms with Crippen molar-refractivity contribution in [2.75, 3.05) is 31.1 Å². The molecule has 1 N–H and O–H groups in total. The monoisotopic (exact) mass is 364 g/mol. The van der Waals surface area contributed by atoms with Crippen LogP contribution in [-0.4, -0.2) is 55.1 Å². The third kappa shape index (κ3) is 4.64. The molecule has 4 amide bonds. The van der Waals surface area contributed by atoms with Crippen LogP contribution in [-0.2, 0) is 9.59 Å². The predicted octanol–water partition coefficient (Wildman–Crippen LogP) is 1.95. The van der Waals surface area contributed by atoms with Crippen molar-refractivity contribution in [2.24, 2.45) is 10.9 Å². The van der Waals surface area contributed by atoms with E-state index < -0.39 is 23.8 Å². The van der Waals surface area contributed by atoms with Crippen LogP contribution >= 0.6 is 11.6 Å². The van der Waals surface area contributed by atoms with Gasteiger partial charge in [-0.15, -0.1) is 0 Å². The fourth-order valence-electron chi connectivity index (χ4n) is 2.50. The first-order valence-electron chi connectivity index (χ1n) is 8.14. The molecule has 0 aliphatic carbocycles. The van der Waals surface area contributed by atoms with Gasteiger partial charge in [0.05, 0.1) is 12.2 Å². The molecule has 0 bridgehead atoms. The maximum absolute atomic E-state index is 12.6. The van der Waals surface area contributed by atoms with Crippen LogP contribution in [0.15, 0.2) is 29.3 Å². The maximum atomic E-state index is 12.6. The number of likely N-dealkylation sites (N-methyl/N-ethyl adjacent to an activating group) is 1. The molecular formula is C17H21ClN4O3. The number of urea groups is 1. The average Bonchev–Trinajstić information content (AvgIpc) is 2.57. The summed E-state index contributed by atoms with van der Waals surface area (Å²) in [5.41, 5.74) is 0.309. The molecule has 0 radical (unpaired) electrons. The molecule has 1 aromatic rings. The maximum Gasteiger partial charge on any atom is 0.335 e. The molecule has 0 saturated carbocycles. The highest BCUT2D eigenvalue weighted by Gasteiger charge is 2.40. The topological polar surface area (TPSA) is 82.1 Å². The number of hydrogen-bond donors (Lipinski definition) is 1. The Morgan fingerprint density at radius 3 is 2.64 bits per heavy atom. The average molecular weight is 365 g/mol. The number of carbonyl (C=O) groups excluding carboxylic acids is 3. The molecule has 25 heavy (non-hydrogen) atoms. The van der Waals surface area contributed by atoms with E-state index in [1.54, 1.807) is 18.2 Å². The minimum Gasteiger partial charge on any atom is -0.302 e. The van der Waals surface area contributed by atoms with Crippen LogP contribution in [0.1, 0.15) is 13.8 Å². The van der Waals surface area contributed by atoms with E-state index in [2.05, 4.69) is 29.1 Å². The van der Waals surface area contributed by atoms with Gasteiger partial charge >= 0.3 is 6.03 Å². The predicted molar refractivity (Wildman–Crippen MR) is 97.1 cm³/mol. The normalized spacial score (nSPS) is 18.3. The molecule has 1 heterocycles. The molecule has 1 aliphatic rings. The van der Waals surface area contributed by atoms with Gasteiger partial charge in [0.15, 0.2) is 5.92 Å². The van der Waals surface area contributed by atoms with Crippen molar-refractivity contribution < 1.29 is 14.4 Å². The largest absolute Gasteiger partial charge is 0.335 e. The van der Waals surface area contributed by atoms with E-state index in [0.717, 1.165) is 24.5 Å². The molecule has 7 nitrogen and oxygen atoms in total. The Balaban J connectivity index is 2.12. The summed E-state index contributed by atoms with van der Waals surface area (Å²) in [4.78, 5) is 43.9. The molecule has 1 aliphatic heterocycles. The Bertz CT molecular complexity index is 688. The van der Waals surface area contributed by atoms with Crippen molar-refractivity contribution in [3.8, 4) is 0 Å². The lowest BCUT2D eigenvalue weighted by atomic mass is 10.1. The van der Waals surface area contributed by atoms with Crippen LogP contribution in [0.3, 0.4) is 0 Å². The van der Waals surface area contributed by atoms with Crippen molar-refractivity contribution in [1.29, 1.82) is 0 Å². The molecule has 0 spiro atoms. The van der Waals surface area contributed by atoms with Gasteiger partial charge in [0.25, 0.3) is 5.91 Å². The smallest absolute Gasteiger partial charge is 0.302 e. The zero-order chi connectivity index (χ0) is 18.4. The fraction of sp³-hybridized carbons (Fsp3) is 0.412. The first-order chi connectivity index (χ1) is 12.0. The molecule has 0 aromatic heterocycles. The van der Waals surface area contributed by atoms with Gasteiger partial charge in [-0.1, -0.05) is 31.5 Å². The number of halogens is 1. The van der Waals surface area contributed by atoms with Crippen LogP contribution in [0.5, 0.6) is 0 Å². The van der Waals surface area contributed by atoms with E-state index in [-0.39, 0.29) is 0 Å². The van der Waals surface area contributed by atoms with E-state index in [1.165, 1.54) is 12.3 Å². The van der Waals surface area contributed by atoms with Crippen LogP contribution < -0.4 is 10.2 Å². The SMILES string of the molecule is CCN(CC)CCN=CC1C(=O)NC(=O)N(c2cccc(Cl)c2)C1=O. The van der Waals surface area contributed by atoms with E-state index in [4.69, 9.17) is 11.6 Å². The third-order valence-electron chi connectivity index (χ3n) is 3.96. The minimum atomic E-state index is -1.13. The summed E-state index contributed by atoms with van der Waals surface area (Å²) in [6, 6.07) is 5.54. The Labute approximate surface area is 151 Å². The van der Waals surface area contributed by atoms with Crippen molar-refractivity contribution in [3.63, 3.8) is 0 Å². The number of aliphatic imine (C=N–C) groups is 1. The zero-order valence-corrected chi connectivity index (χ0v) is 15.0. The summed E-state index contributed by atoms with van der Waals surface area (Å²) in [5, 5.41) is 2.57. The van der Waals surface area contributed by atoms with Crippen LogP contribution in [0.25, 0.3) is 0 Å². The van der Waals surface area contributed by atoms with Crippen molar-refractivity contribution in [2.45, 2.75) is 13.8 Å². The van der Waals surface area contributed by atoms with Gasteiger partial charge in [0, 0.05) is 17.8 Å². The second-order valence-corrected chi connectivity index (χ2v) is 5.94. The van der Waals surface area contributed by atoms with Crippen molar-refractivity contribution in [1.82, 2.24) is 10.2 Å². The highest BCUT2D eigenvalue weighted by molar-refractivity contribution is 6.34. The van der Waals surface area contributed by atoms with E-state index in [0.29, 0.717) is 17.3 Å². The van der Waals surface area contributed by atoms with Crippen LogP contribution in [0.2, 0.25) is 5.02 Å². The minimum absolute atomic E-state index is 0.309. The lowest BCUT2D eigenvalue weighted by Crippen LogP contribution is -2.58. The standard InChI is InChI=1S/C17H21ClN4O3/c1-3-21(4-2)9-8-19-11-14-15(23)20-17(25)22(16(14)24)13-7-5-6-12(18)10-13/h5-7,10-11,14H,3-4,8-9H2,1-2H3,(H,20,23,25). The number of anilines is 1. The number of barbiturate groups is 1. The molecular weight excluding hydrogens is 344 g/mol. The molecule has 1 fully saturated rings. The van der Waals surface area contributed by atoms with E-state index in [1.807, 2.05) is 0 Å². The van der Waals surface area contributed by atoms with Gasteiger partial charge in [-0.25, -0.2) is 9.69 Å². The second-order valence-electron chi connectivity index (χ2n) is 5.51. The van der Waals surface area contributed by atoms with Gasteiger partial charge in [0.2, 0.25) is 5.91 Å². The molecule has 134 valence electrons. The lowest BCUT2D eigenvalue weighted by Gasteiger charge is -2.28. The first kappa shape index (κ1) is 19.1. The molecule has 1 atom stereocenters. The highest BCUT2D eigenvalue weighted by Crippen LogP contribution is 2.23. The van der Waals surface area contributed by atoms with Crippen molar-refractivity contribution in [3.05, 3.63) is 29.3 Å². The number of nitrogens with zero attached hydrogens (tertiary/aromatic N) is 3. The summed E-state index contributed by atoms with van der Waals surface area (Å²) in [6.07, 6.45) is 1.31. The fourth-order valence-corrected chi connectivity index (χ4v) is 2.68. The highest BCUT2D eigenvalue weighted by atomic mass is 35.5. The summed E-state index contributed by atoms with van der Waals surface area (Å²) < 4.78 is 0. The Kier molecular flexibility index (Phi) is 6.66. The quantitative estimate of drug-likeness (QED) is 0.592. The van der Waals surface area contributed by atoms with Gasteiger partial charge in [0.1, 0.15) is 0 Å². The summed E-state index contributed by atoms with van der Waals surface area (Å²) in [6.45, 7) is 7.14. The molecule has 1 aromatic carbocycles. The van der Waals surface area contributed by atoms with Crippen LogP contribution in [0, 0.1) is 5.92 Å². The van der Waals surface area contributed by atoms with Gasteiger partial charge in [-0.05, 0) is 31.3 Å². The van der Waals surface area contributed by atoms with Gasteiger partial charge in [-0.3, -0.25) is 19.9 Å². The zero-order valence-electron chi connectivity index (χ0n) is 14.2. The van der Waals surface area contributed by atoms with Crippen LogP contribution in [0.4, 0.5) is 10.5 Å². The Hall–Kier alpha value is -2.25. The number of rotatable bonds is 7. The molecule has 1 unspecified atom stereocenters. The Morgan fingerprint density at radius 2 is 2.00 bits per heavy atom. The molecule has 1 saturated heterocycles. The molecule has 2 rings (SSSR count). The van der Waals surface area contributed by atoms with Gasteiger partial charge < -0.3 is 4.90 Å². The number of nitrogens with one attached hydrogen (secondary N) is 1. The summed E-state index contributed by atoms with van der Waals surface area (Å²) >= 11 is 5.92. The number of benzene rings is 1. The number of hydrogen-bond acceptors (Lipinski definition) is 5. The number of imide groups is 2. The lowest BCUT2D eigenvalue weighted by molar-refractivity contribution is -0.131. The Morgan fingerprint density at radius 1 is 1.28 bits per heavy atom. The van der Waals surface area contributed by atoms with Crippen molar-refractivity contribution >= 4 is 41.3 Å².